The number of nitrogens with zero attached hydrogens (tertiary/aromatic N) is 1. The van der Waals surface area contributed by atoms with Crippen molar-refractivity contribution in [3.63, 3.8) is 0 Å². The Balaban J connectivity index is 1.81. The molecule has 2 heteroatoms. The molecule has 1 aromatic carbocycles. The highest BCUT2D eigenvalue weighted by Crippen LogP contribution is 2.29. The average Bonchev–Trinajstić information content (AvgIpc) is 2.95. The minimum Gasteiger partial charge on any atom is -0.310 e. The van der Waals surface area contributed by atoms with E-state index in [0.29, 0.717) is 11.5 Å². The molecular formula is C19H32N2. The largest absolute Gasteiger partial charge is 0.310 e. The Bertz CT molecular complexity index is 388. The summed E-state index contributed by atoms with van der Waals surface area (Å²) in [6.45, 7) is 12.0. The summed E-state index contributed by atoms with van der Waals surface area (Å²) in [5, 5.41) is 3.79. The van der Waals surface area contributed by atoms with Crippen LogP contribution in [0.2, 0.25) is 0 Å². The molecule has 0 bridgehead atoms. The zero-order valence-electron chi connectivity index (χ0n) is 14.1. The monoisotopic (exact) mass is 288 g/mol. The van der Waals surface area contributed by atoms with Crippen LogP contribution in [0.15, 0.2) is 30.3 Å². The molecule has 0 aromatic heterocycles. The van der Waals surface area contributed by atoms with Gasteiger partial charge in [0.2, 0.25) is 0 Å². The number of benzene rings is 1. The third kappa shape index (κ3) is 6.19. The van der Waals surface area contributed by atoms with Gasteiger partial charge in [-0.05, 0) is 62.8 Å². The number of rotatable bonds is 7. The second-order valence-electron chi connectivity index (χ2n) is 7.58. The number of nitrogens with one attached hydrogen (secondary N) is 1. The lowest BCUT2D eigenvalue weighted by molar-refractivity contribution is 0.296. The van der Waals surface area contributed by atoms with E-state index in [1.165, 1.54) is 50.9 Å². The Morgan fingerprint density at radius 3 is 2.38 bits per heavy atom. The SMILES string of the molecule is CC(C)(C)CC(NCCCN1CCCC1)c1ccccc1. The summed E-state index contributed by atoms with van der Waals surface area (Å²) < 4.78 is 0. The topological polar surface area (TPSA) is 15.3 Å². The van der Waals surface area contributed by atoms with Crippen LogP contribution in [-0.2, 0) is 0 Å². The van der Waals surface area contributed by atoms with Crippen molar-refractivity contribution < 1.29 is 0 Å². The zero-order chi connectivity index (χ0) is 15.1. The first kappa shape index (κ1) is 16.5. The average molecular weight is 288 g/mol. The second kappa shape index (κ2) is 7.95. The molecule has 118 valence electrons. The third-order valence-corrected chi connectivity index (χ3v) is 4.26. The molecule has 2 rings (SSSR count). The highest BCUT2D eigenvalue weighted by molar-refractivity contribution is 5.19. The van der Waals surface area contributed by atoms with Crippen molar-refractivity contribution in [2.45, 2.75) is 52.5 Å². The highest BCUT2D eigenvalue weighted by Gasteiger charge is 2.19. The molecule has 1 saturated heterocycles. The number of hydrogen-bond acceptors (Lipinski definition) is 2. The van der Waals surface area contributed by atoms with E-state index in [9.17, 15) is 0 Å². The van der Waals surface area contributed by atoms with Gasteiger partial charge in [-0.2, -0.15) is 0 Å². The first-order chi connectivity index (χ1) is 10.0. The fourth-order valence-electron chi connectivity index (χ4n) is 3.19. The van der Waals surface area contributed by atoms with Crippen LogP contribution in [-0.4, -0.2) is 31.1 Å². The van der Waals surface area contributed by atoms with E-state index >= 15 is 0 Å². The van der Waals surface area contributed by atoms with Crippen LogP contribution in [0.5, 0.6) is 0 Å². The van der Waals surface area contributed by atoms with E-state index in [0.717, 1.165) is 6.54 Å². The molecular weight excluding hydrogens is 256 g/mol. The van der Waals surface area contributed by atoms with Gasteiger partial charge in [-0.15, -0.1) is 0 Å². The minimum absolute atomic E-state index is 0.350. The minimum atomic E-state index is 0.350. The van der Waals surface area contributed by atoms with Crippen molar-refractivity contribution in [2.75, 3.05) is 26.2 Å². The normalized spacial score (nSPS) is 18.0. The summed E-state index contributed by atoms with van der Waals surface area (Å²) in [4.78, 5) is 2.60. The van der Waals surface area contributed by atoms with Crippen molar-refractivity contribution in [3.05, 3.63) is 35.9 Å². The second-order valence-corrected chi connectivity index (χ2v) is 7.58. The van der Waals surface area contributed by atoms with Gasteiger partial charge in [0, 0.05) is 6.04 Å². The molecule has 1 fully saturated rings. The number of likely N-dealkylation sites (tertiary alicyclic amines) is 1. The van der Waals surface area contributed by atoms with Gasteiger partial charge in [0.15, 0.2) is 0 Å². The Morgan fingerprint density at radius 2 is 1.76 bits per heavy atom. The molecule has 1 N–H and O–H groups in total. The van der Waals surface area contributed by atoms with Crippen LogP contribution < -0.4 is 5.32 Å². The molecule has 1 aliphatic rings. The van der Waals surface area contributed by atoms with Gasteiger partial charge < -0.3 is 10.2 Å². The number of hydrogen-bond donors (Lipinski definition) is 1. The van der Waals surface area contributed by atoms with Crippen LogP contribution in [0.3, 0.4) is 0 Å². The van der Waals surface area contributed by atoms with E-state index < -0.39 is 0 Å². The molecule has 0 radical (unpaired) electrons. The molecule has 1 aliphatic heterocycles. The van der Waals surface area contributed by atoms with Gasteiger partial charge in [-0.3, -0.25) is 0 Å². The molecule has 1 heterocycles. The van der Waals surface area contributed by atoms with Gasteiger partial charge in [0.1, 0.15) is 0 Å². The van der Waals surface area contributed by atoms with Gasteiger partial charge in [0.05, 0.1) is 0 Å². The maximum Gasteiger partial charge on any atom is 0.0325 e. The fraction of sp³-hybridized carbons (Fsp3) is 0.684. The van der Waals surface area contributed by atoms with E-state index in [1.807, 2.05) is 0 Å². The van der Waals surface area contributed by atoms with Crippen LogP contribution in [0, 0.1) is 5.41 Å². The van der Waals surface area contributed by atoms with Crippen molar-refractivity contribution in [1.29, 1.82) is 0 Å². The van der Waals surface area contributed by atoms with Gasteiger partial charge in [-0.1, -0.05) is 51.1 Å². The highest BCUT2D eigenvalue weighted by atomic mass is 15.1. The summed E-state index contributed by atoms with van der Waals surface area (Å²) in [6.07, 6.45) is 5.22. The Hall–Kier alpha value is -0.860. The molecule has 0 aliphatic carbocycles. The molecule has 0 saturated carbocycles. The van der Waals surface area contributed by atoms with Crippen LogP contribution in [0.4, 0.5) is 0 Å². The lowest BCUT2D eigenvalue weighted by Gasteiger charge is -2.27. The smallest absolute Gasteiger partial charge is 0.0325 e. The van der Waals surface area contributed by atoms with Crippen LogP contribution in [0.25, 0.3) is 0 Å². The Morgan fingerprint density at radius 1 is 1.10 bits per heavy atom. The van der Waals surface area contributed by atoms with Crippen molar-refractivity contribution in [2.24, 2.45) is 5.41 Å². The molecule has 2 nitrogen and oxygen atoms in total. The van der Waals surface area contributed by atoms with E-state index in [4.69, 9.17) is 0 Å². The quantitative estimate of drug-likeness (QED) is 0.755. The fourth-order valence-corrected chi connectivity index (χ4v) is 3.19. The Kier molecular flexibility index (Phi) is 6.25. The standard InChI is InChI=1S/C19H32N2/c1-19(2,3)16-18(17-10-5-4-6-11-17)20-12-9-15-21-13-7-8-14-21/h4-6,10-11,18,20H,7-9,12-16H2,1-3H3. The maximum atomic E-state index is 3.79. The van der Waals surface area contributed by atoms with Crippen molar-refractivity contribution in [3.8, 4) is 0 Å². The summed E-state index contributed by atoms with van der Waals surface area (Å²) in [5.74, 6) is 0. The van der Waals surface area contributed by atoms with Gasteiger partial charge in [-0.25, -0.2) is 0 Å². The van der Waals surface area contributed by atoms with Gasteiger partial charge >= 0.3 is 0 Å². The zero-order valence-corrected chi connectivity index (χ0v) is 14.1. The molecule has 21 heavy (non-hydrogen) atoms. The van der Waals surface area contributed by atoms with E-state index in [-0.39, 0.29) is 0 Å². The molecule has 0 spiro atoms. The lowest BCUT2D eigenvalue weighted by Crippen LogP contribution is -2.29. The molecule has 1 aromatic rings. The summed E-state index contributed by atoms with van der Waals surface area (Å²) >= 11 is 0. The summed E-state index contributed by atoms with van der Waals surface area (Å²) in [6, 6.07) is 11.4. The predicted octanol–water partition coefficient (Wildman–Crippen LogP) is 4.24. The summed E-state index contributed by atoms with van der Waals surface area (Å²) in [5.41, 5.74) is 1.77. The predicted molar refractivity (Wildman–Crippen MR) is 91.5 cm³/mol. The van der Waals surface area contributed by atoms with E-state index in [1.54, 1.807) is 0 Å². The lowest BCUT2D eigenvalue weighted by atomic mass is 9.85. The Labute approximate surface area is 130 Å². The van der Waals surface area contributed by atoms with Crippen LogP contribution >= 0.6 is 0 Å². The molecule has 0 amide bonds. The van der Waals surface area contributed by atoms with Gasteiger partial charge in [0.25, 0.3) is 0 Å². The van der Waals surface area contributed by atoms with Crippen LogP contribution in [0.1, 0.15) is 58.1 Å². The van der Waals surface area contributed by atoms with Crippen molar-refractivity contribution >= 4 is 0 Å². The molecule has 1 atom stereocenters. The third-order valence-electron chi connectivity index (χ3n) is 4.26. The molecule has 1 unspecified atom stereocenters. The van der Waals surface area contributed by atoms with E-state index in [2.05, 4.69) is 61.3 Å². The first-order valence-corrected chi connectivity index (χ1v) is 8.55. The maximum absolute atomic E-state index is 3.79. The first-order valence-electron chi connectivity index (χ1n) is 8.55. The van der Waals surface area contributed by atoms with Crippen molar-refractivity contribution in [1.82, 2.24) is 10.2 Å². The summed E-state index contributed by atoms with van der Waals surface area (Å²) in [7, 11) is 0.